The van der Waals surface area contributed by atoms with Crippen LogP contribution in [-0.2, 0) is 25.7 Å². The molecule has 0 bridgehead atoms. The molecule has 0 unspecified atom stereocenters. The van der Waals surface area contributed by atoms with Gasteiger partial charge in [0.05, 0.1) is 29.5 Å². The van der Waals surface area contributed by atoms with Crippen molar-refractivity contribution in [2.75, 3.05) is 6.61 Å². The maximum Gasteiger partial charge on any atom is 0.306 e. The molecule has 0 atom stereocenters. The molecule has 0 spiro atoms. The second-order valence-corrected chi connectivity index (χ2v) is 4.88. The van der Waals surface area contributed by atoms with Crippen LogP contribution < -0.4 is 0 Å². The minimum absolute atomic E-state index is 0.0132. The summed E-state index contributed by atoms with van der Waals surface area (Å²) in [6.07, 6.45) is 0.756. The van der Waals surface area contributed by atoms with E-state index in [0.29, 0.717) is 22.2 Å². The van der Waals surface area contributed by atoms with E-state index in [9.17, 15) is 9.59 Å². The minimum atomic E-state index is -0.477. The molecule has 1 aromatic rings. The summed E-state index contributed by atoms with van der Waals surface area (Å²) >= 11 is 11.8. The first-order valence-corrected chi connectivity index (χ1v) is 7.04. The average Bonchev–Trinajstić information content (AvgIpc) is 2.44. The van der Waals surface area contributed by atoms with Crippen molar-refractivity contribution in [3.05, 3.63) is 33.8 Å². The molecule has 0 aliphatic heterocycles. The van der Waals surface area contributed by atoms with E-state index in [1.165, 1.54) is 0 Å². The van der Waals surface area contributed by atoms with E-state index >= 15 is 0 Å². The van der Waals surface area contributed by atoms with Gasteiger partial charge in [-0.3, -0.25) is 9.59 Å². The fourth-order valence-corrected chi connectivity index (χ4v) is 1.76. The molecule has 0 aliphatic rings. The van der Waals surface area contributed by atoms with Gasteiger partial charge in [0.1, 0.15) is 6.61 Å². The van der Waals surface area contributed by atoms with Gasteiger partial charge in [0.25, 0.3) is 0 Å². The van der Waals surface area contributed by atoms with Gasteiger partial charge in [-0.1, -0.05) is 42.3 Å². The Balaban J connectivity index is 2.33. The molecule has 0 radical (unpaired) electrons. The van der Waals surface area contributed by atoms with E-state index in [-0.39, 0.29) is 19.4 Å². The molecule has 0 heterocycles. The number of ether oxygens (including phenoxy) is 2. The summed E-state index contributed by atoms with van der Waals surface area (Å²) in [4.78, 5) is 22.7. The highest BCUT2D eigenvalue weighted by Gasteiger charge is 2.11. The third-order valence-electron chi connectivity index (χ3n) is 2.42. The summed E-state index contributed by atoms with van der Waals surface area (Å²) in [6, 6.07) is 5.09. The first-order chi connectivity index (χ1) is 9.54. The van der Waals surface area contributed by atoms with E-state index in [1.807, 2.05) is 6.92 Å². The molecular formula is C14H16Cl2O4. The lowest BCUT2D eigenvalue weighted by Crippen LogP contribution is -2.10. The number of esters is 2. The predicted molar refractivity (Wildman–Crippen MR) is 76.7 cm³/mol. The zero-order valence-electron chi connectivity index (χ0n) is 11.2. The van der Waals surface area contributed by atoms with E-state index in [2.05, 4.69) is 0 Å². The van der Waals surface area contributed by atoms with Crippen LogP contribution in [0.25, 0.3) is 0 Å². The standard InChI is InChI=1S/C14H16Cl2O4/c1-2-8-19-12(17)6-7-13(18)20-9-10-4-3-5-11(15)14(10)16/h3-5H,2,6-9H2,1H3. The molecule has 1 rings (SSSR count). The Morgan fingerprint density at radius 1 is 1.10 bits per heavy atom. The molecule has 0 fully saturated rings. The number of carbonyl (C=O) groups excluding carboxylic acids is 2. The highest BCUT2D eigenvalue weighted by molar-refractivity contribution is 6.42. The molecule has 1 aromatic carbocycles. The van der Waals surface area contributed by atoms with Gasteiger partial charge in [-0.15, -0.1) is 0 Å². The van der Waals surface area contributed by atoms with Gasteiger partial charge in [0.15, 0.2) is 0 Å². The largest absolute Gasteiger partial charge is 0.466 e. The SMILES string of the molecule is CCCOC(=O)CCC(=O)OCc1cccc(Cl)c1Cl. The Hall–Kier alpha value is -1.26. The zero-order valence-corrected chi connectivity index (χ0v) is 12.7. The van der Waals surface area contributed by atoms with Gasteiger partial charge in [-0.05, 0) is 12.5 Å². The van der Waals surface area contributed by atoms with Crippen LogP contribution in [-0.4, -0.2) is 18.5 Å². The van der Waals surface area contributed by atoms with Crippen molar-refractivity contribution in [1.82, 2.24) is 0 Å². The summed E-state index contributed by atoms with van der Waals surface area (Å²) < 4.78 is 9.88. The summed E-state index contributed by atoms with van der Waals surface area (Å²) in [5, 5.41) is 0.771. The number of rotatable bonds is 7. The van der Waals surface area contributed by atoms with Gasteiger partial charge in [0, 0.05) is 5.56 Å². The quantitative estimate of drug-likeness (QED) is 0.718. The Kier molecular flexibility index (Phi) is 7.41. The van der Waals surface area contributed by atoms with Gasteiger partial charge in [0.2, 0.25) is 0 Å². The molecule has 0 saturated carbocycles. The normalized spacial score (nSPS) is 10.2. The highest BCUT2D eigenvalue weighted by atomic mass is 35.5. The molecule has 6 heteroatoms. The maximum absolute atomic E-state index is 11.5. The molecule has 0 N–H and O–H groups in total. The first kappa shape index (κ1) is 16.8. The second-order valence-electron chi connectivity index (χ2n) is 4.09. The van der Waals surface area contributed by atoms with Gasteiger partial charge in [-0.2, -0.15) is 0 Å². The molecule has 20 heavy (non-hydrogen) atoms. The summed E-state index contributed by atoms with van der Waals surface area (Å²) in [7, 11) is 0. The third-order valence-corrected chi connectivity index (χ3v) is 3.28. The van der Waals surface area contributed by atoms with Crippen LogP contribution >= 0.6 is 23.2 Å². The van der Waals surface area contributed by atoms with Crippen LogP contribution in [0, 0.1) is 0 Å². The van der Waals surface area contributed by atoms with E-state index < -0.39 is 11.9 Å². The minimum Gasteiger partial charge on any atom is -0.466 e. The lowest BCUT2D eigenvalue weighted by Gasteiger charge is -2.07. The Labute approximate surface area is 128 Å². The van der Waals surface area contributed by atoms with Crippen molar-refractivity contribution in [1.29, 1.82) is 0 Å². The Morgan fingerprint density at radius 2 is 1.75 bits per heavy atom. The van der Waals surface area contributed by atoms with Crippen LogP contribution in [0.5, 0.6) is 0 Å². The molecule has 4 nitrogen and oxygen atoms in total. The second kappa shape index (κ2) is 8.82. The Bertz CT molecular complexity index is 474. The number of hydrogen-bond acceptors (Lipinski definition) is 4. The van der Waals surface area contributed by atoms with Crippen LogP contribution in [0.1, 0.15) is 31.7 Å². The van der Waals surface area contributed by atoms with Crippen molar-refractivity contribution >= 4 is 35.1 Å². The highest BCUT2D eigenvalue weighted by Crippen LogP contribution is 2.26. The number of carbonyl (C=O) groups is 2. The van der Waals surface area contributed by atoms with Crippen LogP contribution in [0.4, 0.5) is 0 Å². The summed E-state index contributed by atoms with van der Waals surface area (Å²) in [5.41, 5.74) is 0.626. The lowest BCUT2D eigenvalue weighted by molar-refractivity contribution is -0.151. The van der Waals surface area contributed by atoms with E-state index in [4.69, 9.17) is 32.7 Å². The monoisotopic (exact) mass is 318 g/mol. The van der Waals surface area contributed by atoms with Crippen molar-refractivity contribution in [3.8, 4) is 0 Å². The predicted octanol–water partition coefficient (Wildman–Crippen LogP) is 3.77. The van der Waals surface area contributed by atoms with Gasteiger partial charge >= 0.3 is 11.9 Å². The molecule has 0 aliphatic carbocycles. The Morgan fingerprint density at radius 3 is 2.40 bits per heavy atom. The smallest absolute Gasteiger partial charge is 0.306 e. The summed E-state index contributed by atoms with van der Waals surface area (Å²) in [5.74, 6) is -0.876. The molecule has 0 saturated heterocycles. The van der Waals surface area contributed by atoms with Crippen molar-refractivity contribution in [3.63, 3.8) is 0 Å². The summed E-state index contributed by atoms with van der Waals surface area (Å²) in [6.45, 7) is 2.30. The van der Waals surface area contributed by atoms with Crippen molar-refractivity contribution < 1.29 is 19.1 Å². The van der Waals surface area contributed by atoms with Crippen molar-refractivity contribution in [2.45, 2.75) is 32.8 Å². The topological polar surface area (TPSA) is 52.6 Å². The van der Waals surface area contributed by atoms with Crippen LogP contribution in [0.15, 0.2) is 18.2 Å². The fraction of sp³-hybridized carbons (Fsp3) is 0.429. The fourth-order valence-electron chi connectivity index (χ4n) is 1.38. The average molecular weight is 319 g/mol. The lowest BCUT2D eigenvalue weighted by atomic mass is 10.2. The number of benzene rings is 1. The molecular weight excluding hydrogens is 303 g/mol. The van der Waals surface area contributed by atoms with Gasteiger partial charge < -0.3 is 9.47 Å². The zero-order chi connectivity index (χ0) is 15.0. The number of hydrogen-bond donors (Lipinski definition) is 0. The van der Waals surface area contributed by atoms with E-state index in [0.717, 1.165) is 6.42 Å². The van der Waals surface area contributed by atoms with Gasteiger partial charge in [-0.25, -0.2) is 0 Å². The van der Waals surface area contributed by atoms with Crippen LogP contribution in [0.2, 0.25) is 10.0 Å². The molecule has 0 aromatic heterocycles. The number of halogens is 2. The third kappa shape index (κ3) is 5.80. The van der Waals surface area contributed by atoms with Crippen molar-refractivity contribution in [2.24, 2.45) is 0 Å². The van der Waals surface area contributed by atoms with Crippen LogP contribution in [0.3, 0.4) is 0 Å². The molecule has 110 valence electrons. The molecule has 0 amide bonds. The first-order valence-electron chi connectivity index (χ1n) is 6.28. The van der Waals surface area contributed by atoms with E-state index in [1.54, 1.807) is 18.2 Å². The maximum atomic E-state index is 11.5.